The lowest BCUT2D eigenvalue weighted by Gasteiger charge is -1.97. The van der Waals surface area contributed by atoms with Gasteiger partial charge in [0.1, 0.15) is 6.04 Å². The van der Waals surface area contributed by atoms with Crippen molar-refractivity contribution in [1.82, 2.24) is 41.2 Å². The molecule has 9 heteroatoms. The lowest BCUT2D eigenvalue weighted by Crippen LogP contribution is -2.15. The van der Waals surface area contributed by atoms with Crippen molar-refractivity contribution in [2.45, 2.75) is 6.04 Å². The van der Waals surface area contributed by atoms with E-state index < -0.39 is 6.04 Å². The number of nitrogens with two attached hydrogens (primary N) is 1. The van der Waals surface area contributed by atoms with E-state index in [1.807, 2.05) is 0 Å². The van der Waals surface area contributed by atoms with Gasteiger partial charge in [0, 0.05) is 0 Å². The zero-order chi connectivity index (χ0) is 8.39. The van der Waals surface area contributed by atoms with Gasteiger partial charge in [0.25, 0.3) is 0 Å². The second-order valence-corrected chi connectivity index (χ2v) is 2.02. The number of hydrogen-bond acceptors (Lipinski definition) is 7. The van der Waals surface area contributed by atoms with Crippen LogP contribution in [0.2, 0.25) is 0 Å². The zero-order valence-electron chi connectivity index (χ0n) is 5.84. The largest absolute Gasteiger partial charge is 0.315 e. The maximum absolute atomic E-state index is 5.64. The first kappa shape index (κ1) is 6.79. The minimum Gasteiger partial charge on any atom is -0.315 e. The maximum Gasteiger partial charge on any atom is 0.199 e. The molecule has 2 heterocycles. The average molecular weight is 167 g/mol. The molecule has 0 bridgehead atoms. The Hall–Kier alpha value is -1.90. The van der Waals surface area contributed by atoms with Crippen LogP contribution in [0.4, 0.5) is 0 Å². The summed E-state index contributed by atoms with van der Waals surface area (Å²) >= 11 is 0. The van der Waals surface area contributed by atoms with Crippen molar-refractivity contribution in [1.29, 1.82) is 0 Å². The summed E-state index contributed by atoms with van der Waals surface area (Å²) in [5, 5.41) is 26.0. The molecule has 4 N–H and O–H groups in total. The smallest absolute Gasteiger partial charge is 0.199 e. The van der Waals surface area contributed by atoms with Crippen LogP contribution in [0.1, 0.15) is 17.7 Å². The number of nitrogens with zero attached hydrogens (tertiary/aromatic N) is 6. The maximum atomic E-state index is 5.64. The SMILES string of the molecule is NC(c1nn[nH]n1)c1nn[nH]n1. The highest BCUT2D eigenvalue weighted by molar-refractivity contribution is 5.02. The lowest BCUT2D eigenvalue weighted by atomic mass is 10.3. The molecular formula is C3H5N9. The molecule has 0 aromatic carbocycles. The fourth-order valence-corrected chi connectivity index (χ4v) is 0.718. The molecule has 0 radical (unpaired) electrons. The van der Waals surface area contributed by atoms with Gasteiger partial charge in [-0.15, -0.1) is 20.4 Å². The van der Waals surface area contributed by atoms with Gasteiger partial charge in [-0.2, -0.15) is 10.4 Å². The fraction of sp³-hybridized carbons (Fsp3) is 0.333. The van der Waals surface area contributed by atoms with Crippen molar-refractivity contribution in [3.05, 3.63) is 11.6 Å². The number of rotatable bonds is 2. The van der Waals surface area contributed by atoms with Gasteiger partial charge in [0.15, 0.2) is 11.6 Å². The number of aromatic amines is 2. The Labute approximate surface area is 65.7 Å². The highest BCUT2D eigenvalue weighted by Crippen LogP contribution is 2.06. The summed E-state index contributed by atoms with van der Waals surface area (Å²) in [5.74, 6) is 0.660. The number of tetrazole rings is 2. The molecule has 2 aromatic rings. The van der Waals surface area contributed by atoms with Crippen molar-refractivity contribution in [3.8, 4) is 0 Å². The highest BCUT2D eigenvalue weighted by atomic mass is 15.5. The molecule has 0 aliphatic heterocycles. The van der Waals surface area contributed by atoms with Gasteiger partial charge in [0.05, 0.1) is 0 Å². The van der Waals surface area contributed by atoms with E-state index in [1.54, 1.807) is 0 Å². The van der Waals surface area contributed by atoms with Crippen LogP contribution in [0, 0.1) is 0 Å². The summed E-state index contributed by atoms with van der Waals surface area (Å²) in [6.07, 6.45) is 0. The van der Waals surface area contributed by atoms with Gasteiger partial charge >= 0.3 is 0 Å². The normalized spacial score (nSPS) is 10.8. The third-order valence-electron chi connectivity index (χ3n) is 1.28. The third kappa shape index (κ3) is 1.01. The van der Waals surface area contributed by atoms with E-state index in [4.69, 9.17) is 5.73 Å². The number of nitrogens with one attached hydrogen (secondary N) is 2. The van der Waals surface area contributed by atoms with E-state index in [0.717, 1.165) is 0 Å². The van der Waals surface area contributed by atoms with Crippen LogP contribution in [0.5, 0.6) is 0 Å². The molecule has 0 unspecified atom stereocenters. The van der Waals surface area contributed by atoms with Gasteiger partial charge in [-0.05, 0) is 0 Å². The molecule has 0 fully saturated rings. The second kappa shape index (κ2) is 2.62. The van der Waals surface area contributed by atoms with Gasteiger partial charge in [-0.3, -0.25) is 0 Å². The zero-order valence-corrected chi connectivity index (χ0v) is 5.84. The molecule has 2 rings (SSSR count). The van der Waals surface area contributed by atoms with E-state index in [-0.39, 0.29) is 0 Å². The first-order valence-corrected chi connectivity index (χ1v) is 3.10. The number of hydrogen-bond donors (Lipinski definition) is 3. The van der Waals surface area contributed by atoms with Gasteiger partial charge < -0.3 is 5.73 Å². The Bertz CT molecular complexity index is 286. The Morgan fingerprint density at radius 2 is 1.50 bits per heavy atom. The minimum atomic E-state index is -0.595. The van der Waals surface area contributed by atoms with Gasteiger partial charge in [0.2, 0.25) is 0 Å². The van der Waals surface area contributed by atoms with Gasteiger partial charge in [-0.25, -0.2) is 0 Å². The fourth-order valence-electron chi connectivity index (χ4n) is 0.718. The lowest BCUT2D eigenvalue weighted by molar-refractivity contribution is 0.727. The summed E-state index contributed by atoms with van der Waals surface area (Å²) in [5.41, 5.74) is 5.64. The van der Waals surface area contributed by atoms with Crippen molar-refractivity contribution in [3.63, 3.8) is 0 Å². The van der Waals surface area contributed by atoms with Crippen molar-refractivity contribution in [2.75, 3.05) is 0 Å². The Balaban J connectivity index is 2.27. The van der Waals surface area contributed by atoms with Crippen LogP contribution in [0.3, 0.4) is 0 Å². The Morgan fingerprint density at radius 3 is 1.83 bits per heavy atom. The summed E-state index contributed by atoms with van der Waals surface area (Å²) in [4.78, 5) is 0. The molecule has 0 saturated carbocycles. The molecule has 0 aliphatic rings. The second-order valence-electron chi connectivity index (χ2n) is 2.02. The third-order valence-corrected chi connectivity index (χ3v) is 1.28. The summed E-state index contributed by atoms with van der Waals surface area (Å²) in [7, 11) is 0. The quantitative estimate of drug-likeness (QED) is 0.460. The molecule has 62 valence electrons. The molecule has 9 nitrogen and oxygen atoms in total. The topological polar surface area (TPSA) is 135 Å². The van der Waals surface area contributed by atoms with Gasteiger partial charge in [-0.1, -0.05) is 10.4 Å². The molecule has 0 saturated heterocycles. The Morgan fingerprint density at radius 1 is 1.00 bits per heavy atom. The molecule has 12 heavy (non-hydrogen) atoms. The van der Waals surface area contributed by atoms with Crippen molar-refractivity contribution in [2.24, 2.45) is 5.73 Å². The summed E-state index contributed by atoms with van der Waals surface area (Å²) in [6.45, 7) is 0. The van der Waals surface area contributed by atoms with Crippen LogP contribution >= 0.6 is 0 Å². The van der Waals surface area contributed by atoms with E-state index in [9.17, 15) is 0 Å². The van der Waals surface area contributed by atoms with Crippen LogP contribution in [-0.2, 0) is 0 Å². The first-order chi connectivity index (χ1) is 5.88. The van der Waals surface area contributed by atoms with Crippen LogP contribution in [0.25, 0.3) is 0 Å². The Kier molecular flexibility index (Phi) is 1.48. The molecular weight excluding hydrogens is 162 g/mol. The predicted molar refractivity (Wildman–Crippen MR) is 34.4 cm³/mol. The first-order valence-electron chi connectivity index (χ1n) is 3.10. The molecule has 0 atom stereocenters. The monoisotopic (exact) mass is 167 g/mol. The van der Waals surface area contributed by atoms with E-state index in [0.29, 0.717) is 11.6 Å². The summed E-state index contributed by atoms with van der Waals surface area (Å²) < 4.78 is 0. The average Bonchev–Trinajstić information content (AvgIpc) is 2.77. The standard InChI is InChI=1S/C3H5N9/c4-1(2-5-9-10-6-2)3-7-11-12-8-3/h1H,4H2,(H,5,6,9,10)(H,7,8,11,12). The van der Waals surface area contributed by atoms with E-state index in [2.05, 4.69) is 41.2 Å². The van der Waals surface area contributed by atoms with Crippen molar-refractivity contribution >= 4 is 0 Å². The number of H-pyrrole nitrogens is 2. The molecule has 2 aromatic heterocycles. The molecule has 0 aliphatic carbocycles. The summed E-state index contributed by atoms with van der Waals surface area (Å²) in [6, 6.07) is -0.595. The van der Waals surface area contributed by atoms with Crippen LogP contribution in [-0.4, -0.2) is 41.2 Å². The van der Waals surface area contributed by atoms with Crippen LogP contribution < -0.4 is 5.73 Å². The predicted octanol–water partition coefficient (Wildman–Crippen LogP) is -2.24. The highest BCUT2D eigenvalue weighted by Gasteiger charge is 2.17. The minimum absolute atomic E-state index is 0.330. The number of aromatic nitrogens is 8. The van der Waals surface area contributed by atoms with Crippen LogP contribution in [0.15, 0.2) is 0 Å². The molecule has 0 amide bonds. The van der Waals surface area contributed by atoms with Crippen molar-refractivity contribution < 1.29 is 0 Å². The van der Waals surface area contributed by atoms with E-state index in [1.165, 1.54) is 0 Å². The molecule has 0 spiro atoms. The van der Waals surface area contributed by atoms with E-state index >= 15 is 0 Å².